The van der Waals surface area contributed by atoms with Crippen molar-refractivity contribution in [2.45, 2.75) is 19.6 Å². The van der Waals surface area contributed by atoms with Crippen molar-refractivity contribution in [2.75, 3.05) is 21.3 Å². The van der Waals surface area contributed by atoms with Crippen LogP contribution >= 0.6 is 0 Å². The van der Waals surface area contributed by atoms with Gasteiger partial charge in [0.2, 0.25) is 5.75 Å². The summed E-state index contributed by atoms with van der Waals surface area (Å²) in [5, 5.41) is 2.83. The predicted molar refractivity (Wildman–Crippen MR) is 95.1 cm³/mol. The van der Waals surface area contributed by atoms with Crippen LogP contribution in [0.4, 0.5) is 8.78 Å². The molecule has 0 spiro atoms. The Morgan fingerprint density at radius 3 is 1.96 bits per heavy atom. The smallest absolute Gasteiger partial charge is 0.387 e. The van der Waals surface area contributed by atoms with Crippen LogP contribution in [0, 0.1) is 0 Å². The van der Waals surface area contributed by atoms with E-state index in [1.54, 1.807) is 31.2 Å². The summed E-state index contributed by atoms with van der Waals surface area (Å²) < 4.78 is 44.5. The number of methoxy groups -OCH3 is 3. The molecule has 0 bridgehead atoms. The maximum absolute atomic E-state index is 12.6. The third kappa shape index (κ3) is 4.99. The molecule has 2 aromatic carbocycles. The Kier molecular flexibility index (Phi) is 6.81. The van der Waals surface area contributed by atoms with Crippen molar-refractivity contribution in [1.29, 1.82) is 0 Å². The molecule has 0 aliphatic heterocycles. The van der Waals surface area contributed by atoms with E-state index in [2.05, 4.69) is 10.1 Å². The van der Waals surface area contributed by atoms with Gasteiger partial charge >= 0.3 is 6.61 Å². The Morgan fingerprint density at radius 1 is 0.963 bits per heavy atom. The average molecular weight is 381 g/mol. The van der Waals surface area contributed by atoms with Crippen LogP contribution in [0.5, 0.6) is 23.0 Å². The summed E-state index contributed by atoms with van der Waals surface area (Å²) in [6, 6.07) is 8.78. The molecule has 1 atom stereocenters. The lowest BCUT2D eigenvalue weighted by Gasteiger charge is -2.17. The fourth-order valence-electron chi connectivity index (χ4n) is 2.51. The Morgan fingerprint density at radius 2 is 1.52 bits per heavy atom. The number of nitrogens with one attached hydrogen (secondary N) is 1. The van der Waals surface area contributed by atoms with Crippen molar-refractivity contribution in [2.24, 2.45) is 0 Å². The average Bonchev–Trinajstić information content (AvgIpc) is 2.66. The van der Waals surface area contributed by atoms with Crippen molar-refractivity contribution in [3.63, 3.8) is 0 Å². The largest absolute Gasteiger partial charge is 0.493 e. The van der Waals surface area contributed by atoms with Gasteiger partial charge < -0.3 is 24.3 Å². The minimum Gasteiger partial charge on any atom is -0.493 e. The minimum absolute atomic E-state index is 0.0527. The van der Waals surface area contributed by atoms with E-state index < -0.39 is 6.61 Å². The summed E-state index contributed by atoms with van der Waals surface area (Å²) in [7, 11) is 4.40. The molecule has 6 nitrogen and oxygen atoms in total. The second kappa shape index (κ2) is 9.07. The molecule has 1 N–H and O–H groups in total. The monoisotopic (exact) mass is 381 g/mol. The van der Waals surface area contributed by atoms with Crippen molar-refractivity contribution in [3.8, 4) is 23.0 Å². The molecule has 1 amide bonds. The molecular formula is C19H21F2NO5. The maximum Gasteiger partial charge on any atom is 0.387 e. The van der Waals surface area contributed by atoms with Crippen LogP contribution in [-0.2, 0) is 0 Å². The number of alkyl halides is 2. The van der Waals surface area contributed by atoms with E-state index >= 15 is 0 Å². The minimum atomic E-state index is -2.88. The van der Waals surface area contributed by atoms with Gasteiger partial charge in [0.1, 0.15) is 5.75 Å². The van der Waals surface area contributed by atoms with Gasteiger partial charge in [-0.15, -0.1) is 0 Å². The van der Waals surface area contributed by atoms with Gasteiger partial charge in [-0.05, 0) is 36.8 Å². The molecule has 0 aromatic heterocycles. The molecule has 0 heterocycles. The van der Waals surface area contributed by atoms with E-state index in [-0.39, 0.29) is 17.7 Å². The molecule has 27 heavy (non-hydrogen) atoms. The van der Waals surface area contributed by atoms with E-state index in [1.807, 2.05) is 0 Å². The first kappa shape index (κ1) is 20.3. The van der Waals surface area contributed by atoms with Gasteiger partial charge in [-0.1, -0.05) is 12.1 Å². The number of hydrogen-bond acceptors (Lipinski definition) is 5. The number of carbonyl (C=O) groups excluding carboxylic acids is 1. The third-order valence-corrected chi connectivity index (χ3v) is 3.88. The van der Waals surface area contributed by atoms with Crippen LogP contribution in [0.25, 0.3) is 0 Å². The number of amides is 1. The third-order valence-electron chi connectivity index (χ3n) is 3.88. The van der Waals surface area contributed by atoms with Crippen molar-refractivity contribution < 1.29 is 32.5 Å². The normalized spacial score (nSPS) is 11.7. The summed E-state index contributed by atoms with van der Waals surface area (Å²) in [5.74, 6) is 0.817. The van der Waals surface area contributed by atoms with Gasteiger partial charge in [-0.2, -0.15) is 8.78 Å². The first-order valence-corrected chi connectivity index (χ1v) is 8.05. The highest BCUT2D eigenvalue weighted by Crippen LogP contribution is 2.38. The van der Waals surface area contributed by atoms with Gasteiger partial charge in [0.25, 0.3) is 5.91 Å². The Balaban J connectivity index is 2.16. The highest BCUT2D eigenvalue weighted by molar-refractivity contribution is 5.95. The Hall–Kier alpha value is -3.03. The van der Waals surface area contributed by atoms with Gasteiger partial charge in [-0.25, -0.2) is 0 Å². The van der Waals surface area contributed by atoms with Crippen LogP contribution in [0.1, 0.15) is 28.9 Å². The summed E-state index contributed by atoms with van der Waals surface area (Å²) in [6.07, 6.45) is 0. The number of halogens is 2. The summed E-state index contributed by atoms with van der Waals surface area (Å²) in [6.45, 7) is -1.10. The molecule has 0 saturated carbocycles. The summed E-state index contributed by atoms with van der Waals surface area (Å²) in [4.78, 5) is 12.6. The quantitative estimate of drug-likeness (QED) is 0.753. The van der Waals surface area contributed by atoms with Gasteiger partial charge in [-0.3, -0.25) is 4.79 Å². The fraction of sp³-hybridized carbons (Fsp3) is 0.316. The molecule has 0 aliphatic carbocycles. The van der Waals surface area contributed by atoms with Crippen molar-refractivity contribution in [3.05, 3.63) is 47.5 Å². The zero-order valence-corrected chi connectivity index (χ0v) is 15.4. The van der Waals surface area contributed by atoms with E-state index in [0.717, 1.165) is 5.56 Å². The van der Waals surface area contributed by atoms with Crippen molar-refractivity contribution in [1.82, 2.24) is 5.32 Å². The lowest BCUT2D eigenvalue weighted by atomic mass is 10.1. The number of hydrogen-bond donors (Lipinski definition) is 1. The van der Waals surface area contributed by atoms with Gasteiger partial charge in [0.15, 0.2) is 11.5 Å². The SMILES string of the molecule is COc1cc(C(=O)N[C@@H](C)c2ccc(OC(F)F)cc2)cc(OC)c1OC. The number of benzene rings is 2. The molecule has 146 valence electrons. The molecule has 0 radical (unpaired) electrons. The molecule has 0 aliphatic rings. The number of carbonyl (C=O) groups is 1. The van der Waals surface area contributed by atoms with Crippen molar-refractivity contribution >= 4 is 5.91 Å². The second-order valence-electron chi connectivity index (χ2n) is 5.56. The predicted octanol–water partition coefficient (Wildman–Crippen LogP) is 3.80. The zero-order chi connectivity index (χ0) is 20.0. The van der Waals surface area contributed by atoms with Crippen LogP contribution in [0.2, 0.25) is 0 Å². The van der Waals surface area contributed by atoms with Gasteiger partial charge in [0.05, 0.1) is 27.4 Å². The van der Waals surface area contributed by atoms with Gasteiger partial charge in [0, 0.05) is 5.56 Å². The molecule has 0 saturated heterocycles. The molecule has 0 fully saturated rings. The van der Waals surface area contributed by atoms with E-state index in [9.17, 15) is 13.6 Å². The lowest BCUT2D eigenvalue weighted by molar-refractivity contribution is -0.0498. The van der Waals surface area contributed by atoms with E-state index in [1.165, 1.54) is 33.5 Å². The first-order valence-electron chi connectivity index (χ1n) is 8.05. The fourth-order valence-corrected chi connectivity index (χ4v) is 2.51. The first-order chi connectivity index (χ1) is 12.9. The summed E-state index contributed by atoms with van der Waals surface area (Å²) in [5.41, 5.74) is 1.06. The molecule has 0 unspecified atom stereocenters. The van der Waals surface area contributed by atoms with Crippen LogP contribution in [0.3, 0.4) is 0 Å². The van der Waals surface area contributed by atoms with Crippen LogP contribution < -0.4 is 24.3 Å². The highest BCUT2D eigenvalue weighted by Gasteiger charge is 2.18. The lowest BCUT2D eigenvalue weighted by Crippen LogP contribution is -2.26. The topological polar surface area (TPSA) is 66.0 Å². The molecule has 2 aromatic rings. The molecular weight excluding hydrogens is 360 g/mol. The second-order valence-corrected chi connectivity index (χ2v) is 5.56. The standard InChI is InChI=1S/C19H21F2NO5/c1-11(12-5-7-14(8-6-12)27-19(20)21)22-18(23)13-9-15(24-2)17(26-4)16(10-13)25-3/h5-11,19H,1-4H3,(H,22,23)/t11-/m0/s1. The number of ether oxygens (including phenoxy) is 4. The molecule has 2 rings (SSSR count). The Bertz CT molecular complexity index is 755. The highest BCUT2D eigenvalue weighted by atomic mass is 19.3. The summed E-state index contributed by atoms with van der Waals surface area (Å²) >= 11 is 0. The zero-order valence-electron chi connectivity index (χ0n) is 15.4. The van der Waals surface area contributed by atoms with Crippen LogP contribution in [0.15, 0.2) is 36.4 Å². The van der Waals surface area contributed by atoms with E-state index in [0.29, 0.717) is 22.8 Å². The van der Waals surface area contributed by atoms with E-state index in [4.69, 9.17) is 14.2 Å². The Labute approximate surface area is 156 Å². The van der Waals surface area contributed by atoms with Crippen LogP contribution in [-0.4, -0.2) is 33.8 Å². The molecule has 8 heteroatoms. The maximum atomic E-state index is 12.6. The number of rotatable bonds is 8.